The molecule has 1 aromatic carbocycles. The van der Waals surface area contributed by atoms with E-state index in [4.69, 9.17) is 4.74 Å². The lowest BCUT2D eigenvalue weighted by Crippen LogP contribution is -2.61. The normalized spacial score (nSPS) is 21.4. The number of imidazole rings is 1. The number of ether oxygens (including phenoxy) is 1. The van der Waals surface area contributed by atoms with E-state index in [-0.39, 0.29) is 29.7 Å². The van der Waals surface area contributed by atoms with Crippen LogP contribution in [0.2, 0.25) is 0 Å². The summed E-state index contributed by atoms with van der Waals surface area (Å²) in [5.41, 5.74) is 2.76. The number of benzene rings is 1. The van der Waals surface area contributed by atoms with Gasteiger partial charge in [0.1, 0.15) is 11.1 Å². The van der Waals surface area contributed by atoms with Crippen molar-refractivity contribution in [2.24, 2.45) is 7.05 Å². The van der Waals surface area contributed by atoms with E-state index in [2.05, 4.69) is 39.0 Å². The molecule has 0 saturated carbocycles. The second-order valence-electron chi connectivity index (χ2n) is 13.3. The summed E-state index contributed by atoms with van der Waals surface area (Å²) in [6.07, 6.45) is 6.05. The summed E-state index contributed by atoms with van der Waals surface area (Å²) in [4.78, 5) is 37.2. The van der Waals surface area contributed by atoms with Crippen LogP contribution in [0.3, 0.4) is 0 Å². The molecule has 0 spiro atoms. The van der Waals surface area contributed by atoms with Crippen molar-refractivity contribution in [3.8, 4) is 0 Å². The van der Waals surface area contributed by atoms with Crippen LogP contribution in [0.5, 0.6) is 0 Å². The molecule has 2 aliphatic heterocycles. The van der Waals surface area contributed by atoms with Crippen LogP contribution in [0.4, 0.5) is 20.6 Å². The largest absolute Gasteiger partial charge is 0.444 e. The number of carbonyl (C=O) groups excluding carboxylic acids is 2. The molecule has 2 fully saturated rings. The number of aromatic nitrogens is 4. The molecule has 234 valence electrons. The monoisotopic (exact) mass is 604 g/mol. The van der Waals surface area contributed by atoms with Gasteiger partial charge in [0.15, 0.2) is 11.5 Å². The second-order valence-corrected chi connectivity index (χ2v) is 13.3. The first-order valence-corrected chi connectivity index (χ1v) is 15.2. The number of aryl methyl sites for hydroxylation is 2. The average Bonchev–Trinajstić information content (AvgIpc) is 3.64. The number of anilines is 2. The van der Waals surface area contributed by atoms with Crippen molar-refractivity contribution < 1.29 is 18.7 Å². The van der Waals surface area contributed by atoms with Gasteiger partial charge in [0.2, 0.25) is 0 Å². The summed E-state index contributed by atoms with van der Waals surface area (Å²) in [7, 11) is 1.84. The standard InChI is InChI=1S/C32H41FN8O3/c1-19-13-40-16-22(12-26(33)29(40)34-19)35-30(42)24-8-9-27(25-18-37(7)36-28(24)25)38-11-10-23(17-38)39-14-20(2)41(21(3)15-39)31(43)44-32(4,5)6/h8-9,12-13,16,18,20-21,23H,10-11,14-15,17H2,1-7H3,(H,35,42)/t20-,21+,23-/m1/s1. The Morgan fingerprint density at radius 2 is 1.80 bits per heavy atom. The van der Waals surface area contributed by atoms with Gasteiger partial charge in [-0.05, 0) is 60.1 Å². The van der Waals surface area contributed by atoms with Crippen LogP contribution >= 0.6 is 0 Å². The summed E-state index contributed by atoms with van der Waals surface area (Å²) >= 11 is 0. The first kappa shape index (κ1) is 29.9. The molecule has 0 unspecified atom stereocenters. The van der Waals surface area contributed by atoms with Crippen molar-refractivity contribution in [3.05, 3.63) is 53.9 Å². The topological polar surface area (TPSA) is 100 Å². The highest BCUT2D eigenvalue weighted by molar-refractivity contribution is 6.13. The fourth-order valence-electron chi connectivity index (χ4n) is 6.71. The Labute approximate surface area is 256 Å². The number of fused-ring (bicyclic) bond motifs is 2. The molecule has 3 aromatic heterocycles. The van der Waals surface area contributed by atoms with Crippen LogP contribution in [0.1, 0.15) is 57.1 Å². The van der Waals surface area contributed by atoms with Crippen LogP contribution in [-0.4, -0.2) is 90.9 Å². The van der Waals surface area contributed by atoms with Crippen molar-refractivity contribution in [1.29, 1.82) is 0 Å². The van der Waals surface area contributed by atoms with Gasteiger partial charge in [0.05, 0.1) is 16.9 Å². The maximum absolute atomic E-state index is 14.6. The van der Waals surface area contributed by atoms with Gasteiger partial charge in [-0.1, -0.05) is 0 Å². The molecule has 1 N–H and O–H groups in total. The van der Waals surface area contributed by atoms with E-state index in [1.165, 1.54) is 6.07 Å². The van der Waals surface area contributed by atoms with Gasteiger partial charge in [-0.2, -0.15) is 5.10 Å². The molecule has 2 amide bonds. The average molecular weight is 605 g/mol. The van der Waals surface area contributed by atoms with Gasteiger partial charge in [-0.25, -0.2) is 14.2 Å². The number of halogens is 1. The van der Waals surface area contributed by atoms with Crippen molar-refractivity contribution in [3.63, 3.8) is 0 Å². The zero-order valence-electron chi connectivity index (χ0n) is 26.5. The molecule has 4 aromatic rings. The number of carbonyl (C=O) groups is 2. The van der Waals surface area contributed by atoms with Crippen molar-refractivity contribution in [2.45, 2.75) is 71.7 Å². The number of rotatable bonds is 4. The summed E-state index contributed by atoms with van der Waals surface area (Å²) in [5.74, 6) is -0.867. The highest BCUT2D eigenvalue weighted by Crippen LogP contribution is 2.33. The minimum atomic E-state index is -0.528. The van der Waals surface area contributed by atoms with E-state index in [1.54, 1.807) is 34.5 Å². The van der Waals surface area contributed by atoms with E-state index in [0.29, 0.717) is 28.5 Å². The van der Waals surface area contributed by atoms with Gasteiger partial charge in [-0.3, -0.25) is 14.4 Å². The van der Waals surface area contributed by atoms with E-state index >= 15 is 0 Å². The maximum atomic E-state index is 14.6. The zero-order valence-corrected chi connectivity index (χ0v) is 26.5. The fraction of sp³-hybridized carbons (Fsp3) is 0.500. The molecule has 3 atom stereocenters. The molecule has 2 aliphatic rings. The van der Waals surface area contributed by atoms with Gasteiger partial charge >= 0.3 is 6.09 Å². The maximum Gasteiger partial charge on any atom is 0.410 e. The molecule has 0 radical (unpaired) electrons. The van der Waals surface area contributed by atoms with Crippen molar-refractivity contribution in [1.82, 2.24) is 29.0 Å². The third kappa shape index (κ3) is 5.70. The zero-order chi connectivity index (χ0) is 31.5. The molecule has 2 saturated heterocycles. The number of hydrogen-bond donors (Lipinski definition) is 1. The predicted octanol–water partition coefficient (Wildman–Crippen LogP) is 4.83. The Kier molecular flexibility index (Phi) is 7.51. The van der Waals surface area contributed by atoms with E-state index in [9.17, 15) is 14.0 Å². The molecular weight excluding hydrogens is 563 g/mol. The summed E-state index contributed by atoms with van der Waals surface area (Å²) in [6, 6.07) is 5.48. The van der Waals surface area contributed by atoms with Gasteiger partial charge < -0.3 is 24.3 Å². The molecule has 44 heavy (non-hydrogen) atoms. The predicted molar refractivity (Wildman–Crippen MR) is 168 cm³/mol. The van der Waals surface area contributed by atoms with Crippen molar-refractivity contribution in [2.75, 3.05) is 36.4 Å². The van der Waals surface area contributed by atoms with Crippen LogP contribution in [-0.2, 0) is 11.8 Å². The summed E-state index contributed by atoms with van der Waals surface area (Å²) in [6.45, 7) is 14.9. The number of piperazine rings is 1. The Morgan fingerprint density at radius 3 is 2.50 bits per heavy atom. The highest BCUT2D eigenvalue weighted by Gasteiger charge is 2.39. The van der Waals surface area contributed by atoms with E-state index in [1.807, 2.05) is 45.0 Å². The van der Waals surface area contributed by atoms with Gasteiger partial charge in [0.25, 0.3) is 5.91 Å². The van der Waals surface area contributed by atoms with Crippen LogP contribution in [0.15, 0.2) is 36.8 Å². The SMILES string of the molecule is Cc1cn2cc(NC(=O)c3ccc(N4CC[C@@H](N5C[C@@H](C)N(C(=O)OC(C)(C)C)[C@@H](C)C5)C4)c4cn(C)nc34)cc(F)c2n1. The second kappa shape index (κ2) is 11.1. The lowest BCUT2D eigenvalue weighted by molar-refractivity contribution is -0.0209. The Bertz CT molecular complexity index is 1730. The number of nitrogens with zero attached hydrogens (tertiary/aromatic N) is 7. The first-order valence-electron chi connectivity index (χ1n) is 15.2. The lowest BCUT2D eigenvalue weighted by Gasteiger charge is -2.46. The Morgan fingerprint density at radius 1 is 1.07 bits per heavy atom. The van der Waals surface area contributed by atoms with Crippen LogP contribution in [0.25, 0.3) is 16.6 Å². The quantitative estimate of drug-likeness (QED) is 0.356. The molecule has 12 heteroatoms. The summed E-state index contributed by atoms with van der Waals surface area (Å²) < 4.78 is 23.6. The number of nitrogens with one attached hydrogen (secondary N) is 1. The number of amides is 2. The molecule has 0 aliphatic carbocycles. The van der Waals surface area contributed by atoms with Crippen LogP contribution in [0, 0.1) is 12.7 Å². The Hall–Kier alpha value is -4.19. The smallest absolute Gasteiger partial charge is 0.410 e. The number of pyridine rings is 1. The lowest BCUT2D eigenvalue weighted by atomic mass is 10.1. The summed E-state index contributed by atoms with van der Waals surface area (Å²) in [5, 5.41) is 8.37. The highest BCUT2D eigenvalue weighted by atomic mass is 19.1. The first-order chi connectivity index (χ1) is 20.8. The molecule has 0 bridgehead atoms. The van der Waals surface area contributed by atoms with E-state index < -0.39 is 11.4 Å². The molecule has 6 rings (SSSR count). The number of hydrogen-bond acceptors (Lipinski definition) is 7. The molecule has 11 nitrogen and oxygen atoms in total. The Balaban J connectivity index is 1.18. The third-order valence-corrected chi connectivity index (χ3v) is 8.47. The van der Waals surface area contributed by atoms with E-state index in [0.717, 1.165) is 43.7 Å². The van der Waals surface area contributed by atoms with Crippen LogP contribution < -0.4 is 10.2 Å². The van der Waals surface area contributed by atoms with Gasteiger partial charge in [-0.15, -0.1) is 0 Å². The minimum Gasteiger partial charge on any atom is -0.444 e. The minimum absolute atomic E-state index is 0.0393. The van der Waals surface area contributed by atoms with Crippen molar-refractivity contribution >= 4 is 39.9 Å². The van der Waals surface area contributed by atoms with Gasteiger partial charge in [0, 0.05) is 87.1 Å². The molecule has 5 heterocycles. The fourth-order valence-corrected chi connectivity index (χ4v) is 6.71. The molecular formula is C32H41FN8O3. The third-order valence-electron chi connectivity index (χ3n) is 8.47.